The van der Waals surface area contributed by atoms with Gasteiger partial charge in [0.25, 0.3) is 5.91 Å². The molecule has 0 unspecified atom stereocenters. The van der Waals surface area contributed by atoms with Gasteiger partial charge < -0.3 is 32.5 Å². The van der Waals surface area contributed by atoms with Gasteiger partial charge in [-0.1, -0.05) is 0 Å². The first-order chi connectivity index (χ1) is 14.6. The van der Waals surface area contributed by atoms with E-state index in [0.717, 1.165) is 28.8 Å². The van der Waals surface area contributed by atoms with Crippen molar-refractivity contribution >= 4 is 21.8 Å². The molecule has 5 nitrogen and oxygen atoms in total. The Hall–Kier alpha value is -0.980. The maximum atomic E-state index is 12.2. The molecule has 4 aliphatic rings. The lowest BCUT2D eigenvalue weighted by Crippen LogP contribution is -3.00. The van der Waals surface area contributed by atoms with Crippen LogP contribution < -0.4 is 32.5 Å². The molecule has 2 N–H and O–H groups in total. The van der Waals surface area contributed by atoms with Crippen LogP contribution in [-0.2, 0) is 11.3 Å². The summed E-state index contributed by atoms with van der Waals surface area (Å²) in [5, 5.41) is 6.88. The third-order valence-electron chi connectivity index (χ3n) is 6.94. The van der Waals surface area contributed by atoms with Crippen molar-refractivity contribution in [2.24, 2.45) is 17.8 Å². The van der Waals surface area contributed by atoms with Crippen molar-refractivity contribution in [1.82, 2.24) is 10.6 Å². The van der Waals surface area contributed by atoms with Crippen molar-refractivity contribution in [3.63, 3.8) is 0 Å². The van der Waals surface area contributed by atoms with Crippen LogP contribution in [0.5, 0.6) is 11.5 Å². The van der Waals surface area contributed by atoms with Crippen LogP contribution >= 0.6 is 15.9 Å². The van der Waals surface area contributed by atoms with Gasteiger partial charge in [-0.25, -0.2) is 0 Å². The van der Waals surface area contributed by atoms with Gasteiger partial charge in [-0.05, 0) is 118 Å². The van der Waals surface area contributed by atoms with Crippen molar-refractivity contribution < 1.29 is 26.7 Å². The number of carbonyl (C=O) groups is 1. The van der Waals surface area contributed by atoms with E-state index in [1.807, 2.05) is 27.7 Å². The highest BCUT2D eigenvalue weighted by atomic mass is 79.9. The Morgan fingerprint density at radius 3 is 2.22 bits per heavy atom. The lowest BCUT2D eigenvalue weighted by Gasteiger charge is -2.57. The molecule has 7 heteroatoms. The Balaban J connectivity index is 0.00000289. The number of hydrogen-bond acceptors (Lipinski definition) is 4. The molecule has 1 aromatic rings. The molecule has 4 fully saturated rings. The van der Waals surface area contributed by atoms with Gasteiger partial charge in [0.2, 0.25) is 0 Å². The summed E-state index contributed by atoms with van der Waals surface area (Å²) in [5.74, 6) is 3.92. The second kappa shape index (κ2) is 10.1. The zero-order chi connectivity index (χ0) is 22.2. The molecule has 0 spiro atoms. The summed E-state index contributed by atoms with van der Waals surface area (Å²) in [6.45, 7) is 9.16. The molecule has 0 saturated heterocycles. The second-order valence-corrected chi connectivity index (χ2v) is 11.8. The number of halogens is 2. The predicted molar refractivity (Wildman–Crippen MR) is 126 cm³/mol. The smallest absolute Gasteiger partial charge is 0.258 e. The molecule has 4 saturated carbocycles. The van der Waals surface area contributed by atoms with Gasteiger partial charge in [-0.15, -0.1) is 0 Å². The average molecular weight is 529 g/mol. The summed E-state index contributed by atoms with van der Waals surface area (Å²) in [5.41, 5.74) is 1.22. The van der Waals surface area contributed by atoms with Crippen molar-refractivity contribution in [2.75, 3.05) is 13.2 Å². The SMILES string of the molecule is CCOc1cc(CNC23CC4CC(CC(C4)C2)C3)cc(Br)c1OCC(=O)NC(C)(C)C.[Cl-]. The van der Waals surface area contributed by atoms with Gasteiger partial charge >= 0.3 is 0 Å². The molecule has 0 atom stereocenters. The average Bonchev–Trinajstić information content (AvgIpc) is 2.63. The first-order valence-electron chi connectivity index (χ1n) is 11.8. The zero-order valence-electron chi connectivity index (χ0n) is 19.7. The third-order valence-corrected chi connectivity index (χ3v) is 7.53. The van der Waals surface area contributed by atoms with Crippen LogP contribution in [0.1, 0.15) is 71.8 Å². The van der Waals surface area contributed by atoms with E-state index in [1.54, 1.807) is 0 Å². The minimum absolute atomic E-state index is 0. The molecular formula is C25H37BrClN2O3-. The highest BCUT2D eigenvalue weighted by molar-refractivity contribution is 9.10. The van der Waals surface area contributed by atoms with E-state index in [-0.39, 0.29) is 30.5 Å². The summed E-state index contributed by atoms with van der Waals surface area (Å²) in [7, 11) is 0. The Labute approximate surface area is 207 Å². The van der Waals surface area contributed by atoms with Crippen LogP contribution in [0.3, 0.4) is 0 Å². The molecule has 0 aliphatic heterocycles. The van der Waals surface area contributed by atoms with Crippen molar-refractivity contribution in [1.29, 1.82) is 0 Å². The largest absolute Gasteiger partial charge is 1.00 e. The minimum atomic E-state index is -0.285. The van der Waals surface area contributed by atoms with Gasteiger partial charge in [0.1, 0.15) is 0 Å². The topological polar surface area (TPSA) is 59.6 Å². The second-order valence-electron chi connectivity index (χ2n) is 11.0. The van der Waals surface area contributed by atoms with Crippen molar-refractivity contribution in [3.8, 4) is 11.5 Å². The number of carbonyl (C=O) groups excluding carboxylic acids is 1. The van der Waals surface area contributed by atoms with Crippen LogP contribution in [0, 0.1) is 17.8 Å². The molecule has 1 aromatic carbocycles. The van der Waals surface area contributed by atoms with Crippen LogP contribution in [0.15, 0.2) is 16.6 Å². The molecule has 4 bridgehead atoms. The highest BCUT2D eigenvalue weighted by Gasteiger charge is 2.50. The summed E-state index contributed by atoms with van der Waals surface area (Å²) >= 11 is 3.65. The van der Waals surface area contributed by atoms with E-state index < -0.39 is 0 Å². The number of benzene rings is 1. The fourth-order valence-electron chi connectivity index (χ4n) is 6.34. The van der Waals surface area contributed by atoms with Crippen LogP contribution in [0.25, 0.3) is 0 Å². The summed E-state index contributed by atoms with van der Waals surface area (Å²) in [6.07, 6.45) is 8.37. The number of nitrogens with one attached hydrogen (secondary N) is 2. The predicted octanol–water partition coefficient (Wildman–Crippen LogP) is 2.20. The Morgan fingerprint density at radius 2 is 1.69 bits per heavy atom. The monoisotopic (exact) mass is 527 g/mol. The Bertz CT molecular complexity index is 789. The first kappa shape index (κ1) is 25.6. The lowest BCUT2D eigenvalue weighted by molar-refractivity contribution is -0.124. The maximum Gasteiger partial charge on any atom is 0.258 e. The van der Waals surface area contributed by atoms with E-state index in [9.17, 15) is 4.79 Å². The fourth-order valence-corrected chi connectivity index (χ4v) is 6.94. The molecule has 32 heavy (non-hydrogen) atoms. The molecule has 0 radical (unpaired) electrons. The van der Waals surface area contributed by atoms with Gasteiger partial charge in [-0.2, -0.15) is 0 Å². The zero-order valence-corrected chi connectivity index (χ0v) is 22.1. The van der Waals surface area contributed by atoms with Crippen LogP contribution in [-0.4, -0.2) is 30.2 Å². The minimum Gasteiger partial charge on any atom is -1.00 e. The number of rotatable bonds is 8. The van der Waals surface area contributed by atoms with E-state index in [0.29, 0.717) is 23.6 Å². The lowest BCUT2D eigenvalue weighted by atomic mass is 9.53. The summed E-state index contributed by atoms with van der Waals surface area (Å²) in [4.78, 5) is 12.2. The maximum absolute atomic E-state index is 12.2. The number of hydrogen-bond donors (Lipinski definition) is 2. The quantitative estimate of drug-likeness (QED) is 0.543. The molecular weight excluding hydrogens is 492 g/mol. The van der Waals surface area contributed by atoms with Gasteiger partial charge in [0.05, 0.1) is 11.1 Å². The molecule has 5 rings (SSSR count). The van der Waals surface area contributed by atoms with E-state index in [1.165, 1.54) is 44.1 Å². The van der Waals surface area contributed by atoms with Gasteiger partial charge in [0, 0.05) is 17.6 Å². The first-order valence-corrected chi connectivity index (χ1v) is 12.6. The van der Waals surface area contributed by atoms with Crippen molar-refractivity contribution in [2.45, 2.75) is 83.8 Å². The fraction of sp³-hybridized carbons (Fsp3) is 0.720. The summed E-state index contributed by atoms with van der Waals surface area (Å²) < 4.78 is 12.6. The number of ether oxygens (including phenoxy) is 2. The van der Waals surface area contributed by atoms with E-state index in [2.05, 4.69) is 38.7 Å². The Morgan fingerprint density at radius 1 is 1.09 bits per heavy atom. The van der Waals surface area contributed by atoms with Crippen molar-refractivity contribution in [3.05, 3.63) is 22.2 Å². The molecule has 0 aromatic heterocycles. The normalized spacial score (nSPS) is 28.2. The highest BCUT2D eigenvalue weighted by Crippen LogP contribution is 2.55. The van der Waals surface area contributed by atoms with Gasteiger partial charge in [-0.3, -0.25) is 4.79 Å². The Kier molecular flexibility index (Phi) is 8.10. The molecule has 4 aliphatic carbocycles. The van der Waals surface area contributed by atoms with E-state index >= 15 is 0 Å². The number of amides is 1. The molecule has 1 amide bonds. The van der Waals surface area contributed by atoms with Crippen LogP contribution in [0.4, 0.5) is 0 Å². The third kappa shape index (κ3) is 6.12. The summed E-state index contributed by atoms with van der Waals surface area (Å²) in [6, 6.07) is 4.14. The van der Waals surface area contributed by atoms with Crippen LogP contribution in [0.2, 0.25) is 0 Å². The standard InChI is InChI=1S/C25H37BrN2O3.ClH/c1-5-30-21-10-19(9-20(26)23(21)31-15-22(29)28-24(2,3)4)14-27-25-11-16-6-17(12-25)8-18(7-16)13-25;/h9-10,16-18,27H,5-8,11-15H2,1-4H3,(H,28,29);1H/p-1. The molecule has 180 valence electrons. The molecule has 0 heterocycles. The van der Waals surface area contributed by atoms with E-state index in [4.69, 9.17) is 9.47 Å². The van der Waals surface area contributed by atoms with Gasteiger partial charge in [0.15, 0.2) is 18.1 Å².